The van der Waals surface area contributed by atoms with E-state index in [1.165, 1.54) is 12.8 Å². The summed E-state index contributed by atoms with van der Waals surface area (Å²) in [6, 6.07) is 0. The maximum atomic E-state index is 12.0. The number of likely N-dealkylation sites (tertiary alicyclic amines) is 1. The SMILES string of the molecule is CCC(C)(C)NC(=O)CN1CCC2(CCNC2)C1. The third-order valence-electron chi connectivity index (χ3n) is 4.58. The minimum Gasteiger partial charge on any atom is -0.350 e. The van der Waals surface area contributed by atoms with Gasteiger partial charge in [0.15, 0.2) is 0 Å². The second-order valence-corrected chi connectivity index (χ2v) is 6.67. The topological polar surface area (TPSA) is 44.4 Å². The van der Waals surface area contributed by atoms with Gasteiger partial charge in [0, 0.05) is 18.6 Å². The van der Waals surface area contributed by atoms with Crippen LogP contribution in [0, 0.1) is 5.41 Å². The zero-order chi connectivity index (χ0) is 13.2. The fraction of sp³-hybridized carbons (Fsp3) is 0.929. The van der Waals surface area contributed by atoms with Gasteiger partial charge in [-0.1, -0.05) is 6.92 Å². The molecule has 1 amide bonds. The van der Waals surface area contributed by atoms with Crippen LogP contribution in [0.5, 0.6) is 0 Å². The number of carbonyl (C=O) groups is 1. The van der Waals surface area contributed by atoms with E-state index in [4.69, 9.17) is 0 Å². The fourth-order valence-corrected chi connectivity index (χ4v) is 3.01. The molecule has 2 aliphatic rings. The predicted molar refractivity (Wildman–Crippen MR) is 73.5 cm³/mol. The van der Waals surface area contributed by atoms with Crippen LogP contribution in [0.15, 0.2) is 0 Å². The van der Waals surface area contributed by atoms with E-state index < -0.39 is 0 Å². The molecule has 0 radical (unpaired) electrons. The molecule has 1 unspecified atom stereocenters. The predicted octanol–water partition coefficient (Wildman–Crippen LogP) is 0.977. The van der Waals surface area contributed by atoms with E-state index in [9.17, 15) is 4.79 Å². The zero-order valence-electron chi connectivity index (χ0n) is 12.0. The molecule has 2 N–H and O–H groups in total. The van der Waals surface area contributed by atoms with Gasteiger partial charge >= 0.3 is 0 Å². The lowest BCUT2D eigenvalue weighted by Crippen LogP contribution is -2.47. The Morgan fingerprint density at radius 2 is 2.22 bits per heavy atom. The van der Waals surface area contributed by atoms with E-state index in [1.807, 2.05) is 0 Å². The van der Waals surface area contributed by atoms with E-state index in [-0.39, 0.29) is 11.4 Å². The number of rotatable bonds is 4. The van der Waals surface area contributed by atoms with E-state index in [0.717, 1.165) is 32.6 Å². The molecule has 0 aromatic heterocycles. The molecule has 0 aromatic rings. The number of hydrogen-bond donors (Lipinski definition) is 2. The summed E-state index contributed by atoms with van der Waals surface area (Å²) in [5.41, 5.74) is 0.379. The van der Waals surface area contributed by atoms with Crippen molar-refractivity contribution in [2.45, 2.75) is 45.6 Å². The molecule has 0 saturated carbocycles. The second-order valence-electron chi connectivity index (χ2n) is 6.67. The summed E-state index contributed by atoms with van der Waals surface area (Å²) in [6.07, 6.45) is 3.47. The highest BCUT2D eigenvalue weighted by molar-refractivity contribution is 5.78. The maximum Gasteiger partial charge on any atom is 0.234 e. The molecule has 2 saturated heterocycles. The number of hydrogen-bond acceptors (Lipinski definition) is 3. The minimum atomic E-state index is -0.0800. The summed E-state index contributed by atoms with van der Waals surface area (Å²) in [7, 11) is 0. The van der Waals surface area contributed by atoms with Gasteiger partial charge in [-0.2, -0.15) is 0 Å². The number of nitrogens with zero attached hydrogens (tertiary/aromatic N) is 1. The van der Waals surface area contributed by atoms with Crippen molar-refractivity contribution in [2.24, 2.45) is 5.41 Å². The summed E-state index contributed by atoms with van der Waals surface area (Å²) in [6.45, 7) is 11.3. The first-order valence-corrected chi connectivity index (χ1v) is 7.19. The molecule has 2 rings (SSSR count). The average Bonchev–Trinajstić information content (AvgIpc) is 2.89. The Morgan fingerprint density at radius 1 is 1.44 bits per heavy atom. The van der Waals surface area contributed by atoms with Crippen LogP contribution in [-0.4, -0.2) is 49.1 Å². The van der Waals surface area contributed by atoms with Crippen molar-refractivity contribution in [3.8, 4) is 0 Å². The summed E-state index contributed by atoms with van der Waals surface area (Å²) in [5, 5.41) is 6.56. The molecular weight excluding hydrogens is 226 g/mol. The molecule has 0 aromatic carbocycles. The molecule has 2 fully saturated rings. The molecular formula is C14H27N3O. The Kier molecular flexibility index (Phi) is 3.97. The molecule has 4 heteroatoms. The van der Waals surface area contributed by atoms with Crippen LogP contribution in [-0.2, 0) is 4.79 Å². The molecule has 104 valence electrons. The molecule has 0 bridgehead atoms. The van der Waals surface area contributed by atoms with Crippen LogP contribution in [0.1, 0.15) is 40.0 Å². The summed E-state index contributed by atoms with van der Waals surface area (Å²) >= 11 is 0. The smallest absolute Gasteiger partial charge is 0.234 e. The van der Waals surface area contributed by atoms with Crippen LogP contribution in [0.3, 0.4) is 0 Å². The number of amides is 1. The number of carbonyl (C=O) groups excluding carboxylic acids is 1. The van der Waals surface area contributed by atoms with Gasteiger partial charge in [-0.25, -0.2) is 0 Å². The summed E-state index contributed by atoms with van der Waals surface area (Å²) in [4.78, 5) is 14.3. The van der Waals surface area contributed by atoms with E-state index in [1.54, 1.807) is 0 Å². The van der Waals surface area contributed by atoms with Gasteiger partial charge in [0.05, 0.1) is 6.54 Å². The van der Waals surface area contributed by atoms with E-state index >= 15 is 0 Å². The van der Waals surface area contributed by atoms with Crippen LogP contribution in [0.4, 0.5) is 0 Å². The fourth-order valence-electron chi connectivity index (χ4n) is 3.01. The quantitative estimate of drug-likeness (QED) is 0.785. The molecule has 4 nitrogen and oxygen atoms in total. The Morgan fingerprint density at radius 3 is 2.83 bits per heavy atom. The van der Waals surface area contributed by atoms with Crippen molar-refractivity contribution < 1.29 is 4.79 Å². The Bertz CT molecular complexity index is 308. The molecule has 2 aliphatic heterocycles. The van der Waals surface area contributed by atoms with Gasteiger partial charge < -0.3 is 10.6 Å². The average molecular weight is 253 g/mol. The third kappa shape index (κ3) is 3.23. The highest BCUT2D eigenvalue weighted by Crippen LogP contribution is 2.35. The Labute approximate surface area is 110 Å². The van der Waals surface area contributed by atoms with Crippen LogP contribution >= 0.6 is 0 Å². The van der Waals surface area contributed by atoms with Gasteiger partial charge in [0.1, 0.15) is 0 Å². The van der Waals surface area contributed by atoms with E-state index in [2.05, 4.69) is 36.3 Å². The molecule has 1 atom stereocenters. The van der Waals surface area contributed by atoms with Gasteiger partial charge in [-0.3, -0.25) is 9.69 Å². The largest absolute Gasteiger partial charge is 0.350 e. The van der Waals surface area contributed by atoms with Gasteiger partial charge in [-0.05, 0) is 51.6 Å². The Hall–Kier alpha value is -0.610. The highest BCUT2D eigenvalue weighted by atomic mass is 16.2. The molecule has 0 aliphatic carbocycles. The monoisotopic (exact) mass is 253 g/mol. The zero-order valence-corrected chi connectivity index (χ0v) is 12.0. The number of nitrogens with one attached hydrogen (secondary N) is 2. The first-order chi connectivity index (χ1) is 8.45. The standard InChI is InChI=1S/C14H27N3O/c1-4-13(2,3)16-12(18)9-17-8-6-14(11-17)5-7-15-10-14/h15H,4-11H2,1-3H3,(H,16,18). The third-order valence-corrected chi connectivity index (χ3v) is 4.58. The van der Waals surface area contributed by atoms with Crippen molar-refractivity contribution in [3.63, 3.8) is 0 Å². The van der Waals surface area contributed by atoms with Gasteiger partial charge in [0.2, 0.25) is 5.91 Å². The first kappa shape index (κ1) is 13.8. The Balaban J connectivity index is 1.79. The lowest BCUT2D eigenvalue weighted by atomic mass is 9.87. The summed E-state index contributed by atoms with van der Waals surface area (Å²) in [5.74, 6) is 0.171. The van der Waals surface area contributed by atoms with Gasteiger partial charge in [-0.15, -0.1) is 0 Å². The van der Waals surface area contributed by atoms with Crippen LogP contribution in [0.2, 0.25) is 0 Å². The first-order valence-electron chi connectivity index (χ1n) is 7.19. The van der Waals surface area contributed by atoms with E-state index in [0.29, 0.717) is 12.0 Å². The molecule has 2 heterocycles. The van der Waals surface area contributed by atoms with Crippen LogP contribution < -0.4 is 10.6 Å². The lowest BCUT2D eigenvalue weighted by molar-refractivity contribution is -0.123. The van der Waals surface area contributed by atoms with Crippen molar-refractivity contribution in [3.05, 3.63) is 0 Å². The lowest BCUT2D eigenvalue weighted by Gasteiger charge is -2.27. The molecule has 18 heavy (non-hydrogen) atoms. The van der Waals surface area contributed by atoms with Crippen LogP contribution in [0.25, 0.3) is 0 Å². The van der Waals surface area contributed by atoms with Crippen molar-refractivity contribution >= 4 is 5.91 Å². The van der Waals surface area contributed by atoms with Gasteiger partial charge in [0.25, 0.3) is 0 Å². The highest BCUT2D eigenvalue weighted by Gasteiger charge is 2.40. The second kappa shape index (κ2) is 5.17. The maximum absolute atomic E-state index is 12.0. The summed E-state index contributed by atoms with van der Waals surface area (Å²) < 4.78 is 0. The van der Waals surface area contributed by atoms with Crippen molar-refractivity contribution in [1.82, 2.24) is 15.5 Å². The van der Waals surface area contributed by atoms with Crippen molar-refractivity contribution in [1.29, 1.82) is 0 Å². The normalized spacial score (nSPS) is 29.1. The van der Waals surface area contributed by atoms with Crippen molar-refractivity contribution in [2.75, 3.05) is 32.7 Å². The minimum absolute atomic E-state index is 0.0800. The molecule has 1 spiro atoms.